The average Bonchev–Trinajstić information content (AvgIpc) is 3.37. The van der Waals surface area contributed by atoms with E-state index in [2.05, 4.69) is 135 Å². The first kappa shape index (κ1) is 71.4. The number of esters is 2. The normalized spacial score (nSPS) is 14.2. The lowest BCUT2D eigenvalue weighted by Crippen LogP contribution is -2.37. The molecule has 0 aromatic carbocycles. The highest BCUT2D eigenvalue weighted by molar-refractivity contribution is 7.45. The molecule has 0 fully saturated rings. The van der Waals surface area contributed by atoms with Gasteiger partial charge >= 0.3 is 11.9 Å². The molecule has 0 aliphatic rings. The maximum absolute atomic E-state index is 12.8. The second kappa shape index (κ2) is 55.2. The average molecular weight is 1060 g/mol. The number of hydrogen-bond acceptors (Lipinski definition) is 8. The number of allylic oxidation sites excluding steroid dienone is 20. The number of nitrogens with zero attached hydrogens (tertiary/aromatic N) is 1. The van der Waals surface area contributed by atoms with Gasteiger partial charge in [0.05, 0.1) is 27.7 Å². The molecule has 2 unspecified atom stereocenters. The second-order valence-electron chi connectivity index (χ2n) is 20.6. The molecular weight excluding hydrogens is 954 g/mol. The van der Waals surface area contributed by atoms with Crippen molar-refractivity contribution in [2.75, 3.05) is 47.5 Å². The van der Waals surface area contributed by atoms with Crippen LogP contribution in [-0.4, -0.2) is 70.0 Å². The van der Waals surface area contributed by atoms with E-state index in [9.17, 15) is 19.0 Å². The third kappa shape index (κ3) is 59.5. The van der Waals surface area contributed by atoms with Crippen molar-refractivity contribution in [3.8, 4) is 0 Å². The maximum atomic E-state index is 12.8. The summed E-state index contributed by atoms with van der Waals surface area (Å²) in [5.74, 6) is -0.853. The van der Waals surface area contributed by atoms with Gasteiger partial charge in [0.25, 0.3) is 7.82 Å². The van der Waals surface area contributed by atoms with Crippen LogP contribution >= 0.6 is 7.82 Å². The van der Waals surface area contributed by atoms with E-state index in [1.807, 2.05) is 21.1 Å². The Morgan fingerprint density at radius 2 is 0.760 bits per heavy atom. The Labute approximate surface area is 460 Å². The summed E-state index contributed by atoms with van der Waals surface area (Å²) >= 11 is 0. The lowest BCUT2D eigenvalue weighted by Gasteiger charge is -2.28. The van der Waals surface area contributed by atoms with Crippen molar-refractivity contribution in [1.29, 1.82) is 0 Å². The van der Waals surface area contributed by atoms with E-state index >= 15 is 0 Å². The molecule has 0 bridgehead atoms. The van der Waals surface area contributed by atoms with E-state index in [-0.39, 0.29) is 26.1 Å². The predicted molar refractivity (Wildman–Crippen MR) is 318 cm³/mol. The van der Waals surface area contributed by atoms with Crippen LogP contribution in [0.4, 0.5) is 0 Å². The summed E-state index contributed by atoms with van der Waals surface area (Å²) in [6, 6.07) is 0. The molecule has 0 aromatic heterocycles. The standard InChI is InChI=1S/C65H110NO8P/c1-6-8-10-12-14-16-18-19-20-21-22-23-24-25-26-27-28-29-30-31-32-33-34-35-36-37-38-39-40-41-42-43-44-45-46-47-48-50-52-54-56-58-65(68)74-63(62-73-75(69,70)72-60-59-66(3,4)5)61-71-64(67)57-55-53-51-49-17-15-13-11-9-7-2/h8,10-11,13-14,16,19-20,22-23,25-26,28-29,31-32,34-35,37-38,63H,6-7,9,12,15,17-18,21,24,27,30,33,36,39-62H2,1-5H3/b10-8-,13-11-,16-14-,20-19-,23-22-,26-25-,29-28-,32-31-,35-34-,38-37-. The molecule has 0 saturated heterocycles. The third-order valence-corrected chi connectivity index (χ3v) is 13.2. The van der Waals surface area contributed by atoms with Gasteiger partial charge in [-0.05, 0) is 103 Å². The Kier molecular flexibility index (Phi) is 52.5. The monoisotopic (exact) mass is 1060 g/mol. The minimum Gasteiger partial charge on any atom is -0.756 e. The van der Waals surface area contributed by atoms with Crippen LogP contribution in [0.15, 0.2) is 122 Å². The highest BCUT2D eigenvalue weighted by Gasteiger charge is 2.21. The van der Waals surface area contributed by atoms with Crippen LogP contribution in [0.3, 0.4) is 0 Å². The van der Waals surface area contributed by atoms with E-state index in [4.69, 9.17) is 18.5 Å². The topological polar surface area (TPSA) is 111 Å². The summed E-state index contributed by atoms with van der Waals surface area (Å²) in [7, 11) is 1.15. The molecule has 0 amide bonds. The maximum Gasteiger partial charge on any atom is 0.306 e. The lowest BCUT2D eigenvalue weighted by molar-refractivity contribution is -0.870. The van der Waals surface area contributed by atoms with Gasteiger partial charge in [-0.15, -0.1) is 0 Å². The van der Waals surface area contributed by atoms with Gasteiger partial charge in [-0.1, -0.05) is 232 Å². The number of unbranched alkanes of at least 4 members (excludes halogenated alkanes) is 19. The van der Waals surface area contributed by atoms with E-state index in [0.717, 1.165) is 116 Å². The summed E-state index contributed by atoms with van der Waals surface area (Å²) in [4.78, 5) is 37.7. The largest absolute Gasteiger partial charge is 0.756 e. The van der Waals surface area contributed by atoms with E-state index in [1.165, 1.54) is 70.6 Å². The van der Waals surface area contributed by atoms with Gasteiger partial charge < -0.3 is 27.9 Å². The first-order valence-corrected chi connectivity index (χ1v) is 31.2. The number of carbonyl (C=O) groups excluding carboxylic acids is 2. The minimum absolute atomic E-state index is 0.0365. The van der Waals surface area contributed by atoms with Crippen LogP contribution in [-0.2, 0) is 32.7 Å². The van der Waals surface area contributed by atoms with Gasteiger partial charge in [-0.3, -0.25) is 14.2 Å². The molecule has 0 rings (SSSR count). The van der Waals surface area contributed by atoms with Crippen LogP contribution in [0.25, 0.3) is 0 Å². The van der Waals surface area contributed by atoms with Crippen molar-refractivity contribution in [3.05, 3.63) is 122 Å². The van der Waals surface area contributed by atoms with Crippen molar-refractivity contribution < 1.29 is 42.1 Å². The van der Waals surface area contributed by atoms with Gasteiger partial charge in [0.1, 0.15) is 19.8 Å². The number of hydrogen-bond donors (Lipinski definition) is 0. The highest BCUT2D eigenvalue weighted by Crippen LogP contribution is 2.38. The fourth-order valence-electron chi connectivity index (χ4n) is 7.65. The predicted octanol–water partition coefficient (Wildman–Crippen LogP) is 18.1. The van der Waals surface area contributed by atoms with E-state index < -0.39 is 32.5 Å². The lowest BCUT2D eigenvalue weighted by atomic mass is 10.0. The van der Waals surface area contributed by atoms with E-state index in [1.54, 1.807) is 0 Å². The molecular formula is C65H110NO8P. The van der Waals surface area contributed by atoms with E-state index in [0.29, 0.717) is 23.9 Å². The van der Waals surface area contributed by atoms with Gasteiger partial charge in [-0.25, -0.2) is 0 Å². The number of likely N-dealkylation sites (N-methyl/N-ethyl adjacent to an activating group) is 1. The van der Waals surface area contributed by atoms with Crippen LogP contribution < -0.4 is 4.89 Å². The molecule has 10 heteroatoms. The molecule has 428 valence electrons. The zero-order valence-corrected chi connectivity index (χ0v) is 49.3. The molecule has 0 N–H and O–H groups in total. The number of phosphoric ester groups is 1. The van der Waals surface area contributed by atoms with Crippen molar-refractivity contribution in [3.63, 3.8) is 0 Å². The Morgan fingerprint density at radius 3 is 1.15 bits per heavy atom. The molecule has 0 aliphatic heterocycles. The summed E-state index contributed by atoms with van der Waals surface area (Å²) < 4.78 is 34.0. The van der Waals surface area contributed by atoms with Crippen molar-refractivity contribution in [2.24, 2.45) is 0 Å². The Bertz CT molecular complexity index is 1680. The second-order valence-corrected chi connectivity index (χ2v) is 22.0. The molecule has 0 heterocycles. The third-order valence-electron chi connectivity index (χ3n) is 12.2. The zero-order valence-electron chi connectivity index (χ0n) is 48.4. The van der Waals surface area contributed by atoms with Crippen LogP contribution in [0.1, 0.15) is 226 Å². The number of rotatable bonds is 53. The van der Waals surface area contributed by atoms with Gasteiger partial charge in [-0.2, -0.15) is 0 Å². The molecule has 0 aliphatic carbocycles. The molecule has 0 aromatic rings. The minimum atomic E-state index is -4.64. The molecule has 0 saturated carbocycles. The van der Waals surface area contributed by atoms with Crippen LogP contribution in [0.2, 0.25) is 0 Å². The smallest absolute Gasteiger partial charge is 0.306 e. The molecule has 75 heavy (non-hydrogen) atoms. The number of phosphoric acid groups is 1. The van der Waals surface area contributed by atoms with Crippen molar-refractivity contribution >= 4 is 19.8 Å². The van der Waals surface area contributed by atoms with Crippen LogP contribution in [0.5, 0.6) is 0 Å². The summed E-state index contributed by atoms with van der Waals surface area (Å²) in [6.45, 7) is 4.03. The Morgan fingerprint density at radius 1 is 0.427 bits per heavy atom. The molecule has 0 spiro atoms. The van der Waals surface area contributed by atoms with Crippen LogP contribution in [0, 0.1) is 0 Å². The summed E-state index contributed by atoms with van der Waals surface area (Å²) in [5.41, 5.74) is 0. The van der Waals surface area contributed by atoms with Gasteiger partial charge in [0.15, 0.2) is 6.10 Å². The molecule has 2 atom stereocenters. The zero-order chi connectivity index (χ0) is 54.9. The molecule has 9 nitrogen and oxygen atoms in total. The van der Waals surface area contributed by atoms with Gasteiger partial charge in [0.2, 0.25) is 0 Å². The highest BCUT2D eigenvalue weighted by atomic mass is 31.2. The Balaban J connectivity index is 3.98. The van der Waals surface area contributed by atoms with Crippen molar-refractivity contribution in [2.45, 2.75) is 232 Å². The summed E-state index contributed by atoms with van der Waals surface area (Å²) in [6.07, 6.45) is 78.5. The first-order valence-electron chi connectivity index (χ1n) is 29.7. The van der Waals surface area contributed by atoms with Gasteiger partial charge in [0, 0.05) is 12.8 Å². The number of carbonyl (C=O) groups is 2. The molecule has 0 radical (unpaired) electrons. The first-order chi connectivity index (χ1) is 36.5. The van der Waals surface area contributed by atoms with Crippen molar-refractivity contribution in [1.82, 2.24) is 0 Å². The fourth-order valence-corrected chi connectivity index (χ4v) is 8.38. The summed E-state index contributed by atoms with van der Waals surface area (Å²) in [5, 5.41) is 0. The SMILES string of the molecule is CC/C=C\C/C=C\C/C=C\C/C=C\C/C=C\C/C=C\C/C=C\C/C=C\C/C=C\CCCCCCCCCCCCCCCC(=O)OC(COC(=O)CCCCCCC/C=C\CCC)COP(=O)([O-])OCC[N+](C)(C)C. The number of quaternary nitrogens is 1. The quantitative estimate of drug-likeness (QED) is 0.0195. The fraction of sp³-hybridized carbons (Fsp3) is 0.662. The Hall–Kier alpha value is -3.59. The number of ether oxygens (including phenoxy) is 2.